The zero-order valence-corrected chi connectivity index (χ0v) is 11.7. The summed E-state index contributed by atoms with van der Waals surface area (Å²) < 4.78 is 0. The SMILES string of the molecule is CC(C)NC(=O)CC(CN)N1CCc2ccccc21. The molecule has 0 saturated carbocycles. The van der Waals surface area contributed by atoms with Gasteiger partial charge in [0.25, 0.3) is 0 Å². The second-order valence-electron chi connectivity index (χ2n) is 5.39. The van der Waals surface area contributed by atoms with Crippen molar-refractivity contribution in [1.82, 2.24) is 5.32 Å². The molecule has 1 aliphatic rings. The number of carbonyl (C=O) groups excluding carboxylic acids is 1. The second kappa shape index (κ2) is 6.06. The van der Waals surface area contributed by atoms with Gasteiger partial charge in [-0.25, -0.2) is 0 Å². The minimum Gasteiger partial charge on any atom is -0.366 e. The van der Waals surface area contributed by atoms with Crippen LogP contribution >= 0.6 is 0 Å². The van der Waals surface area contributed by atoms with Crippen LogP contribution in [0.1, 0.15) is 25.8 Å². The molecule has 1 atom stereocenters. The quantitative estimate of drug-likeness (QED) is 0.839. The Hall–Kier alpha value is -1.55. The van der Waals surface area contributed by atoms with E-state index in [2.05, 4.69) is 28.4 Å². The van der Waals surface area contributed by atoms with E-state index in [1.54, 1.807) is 0 Å². The zero-order chi connectivity index (χ0) is 13.8. The van der Waals surface area contributed by atoms with E-state index >= 15 is 0 Å². The topological polar surface area (TPSA) is 58.4 Å². The molecule has 0 spiro atoms. The number of fused-ring (bicyclic) bond motifs is 1. The molecule has 0 aliphatic carbocycles. The number of para-hydroxylation sites is 1. The first-order valence-electron chi connectivity index (χ1n) is 6.95. The second-order valence-corrected chi connectivity index (χ2v) is 5.39. The summed E-state index contributed by atoms with van der Waals surface area (Å²) >= 11 is 0. The lowest BCUT2D eigenvalue weighted by atomic mass is 10.1. The molecule has 3 N–H and O–H groups in total. The highest BCUT2D eigenvalue weighted by Gasteiger charge is 2.26. The summed E-state index contributed by atoms with van der Waals surface area (Å²) in [7, 11) is 0. The van der Waals surface area contributed by atoms with Gasteiger partial charge in [-0.05, 0) is 31.9 Å². The van der Waals surface area contributed by atoms with Crippen LogP contribution in [0, 0.1) is 0 Å². The van der Waals surface area contributed by atoms with Gasteiger partial charge in [0, 0.05) is 37.3 Å². The first-order chi connectivity index (χ1) is 9.11. The standard InChI is InChI=1S/C15H23N3O/c1-11(2)17-15(19)9-13(10-16)18-8-7-12-5-3-4-6-14(12)18/h3-6,11,13H,7-10,16H2,1-2H3,(H,17,19). The molecule has 4 nitrogen and oxygen atoms in total. The summed E-state index contributed by atoms with van der Waals surface area (Å²) in [6.45, 7) is 5.40. The third-order valence-electron chi connectivity index (χ3n) is 3.51. The van der Waals surface area contributed by atoms with Crippen LogP contribution in [0.4, 0.5) is 5.69 Å². The van der Waals surface area contributed by atoms with Gasteiger partial charge >= 0.3 is 0 Å². The smallest absolute Gasteiger partial charge is 0.222 e. The van der Waals surface area contributed by atoms with Gasteiger partial charge in [0.15, 0.2) is 0 Å². The molecule has 4 heteroatoms. The van der Waals surface area contributed by atoms with E-state index in [1.807, 2.05) is 19.9 Å². The maximum absolute atomic E-state index is 11.9. The predicted molar refractivity (Wildman–Crippen MR) is 78.2 cm³/mol. The van der Waals surface area contributed by atoms with Crippen molar-refractivity contribution in [1.29, 1.82) is 0 Å². The molecule has 104 valence electrons. The summed E-state index contributed by atoms with van der Waals surface area (Å²) in [4.78, 5) is 14.2. The monoisotopic (exact) mass is 261 g/mol. The van der Waals surface area contributed by atoms with Crippen LogP contribution in [0.3, 0.4) is 0 Å². The molecule has 0 fully saturated rings. The van der Waals surface area contributed by atoms with Gasteiger partial charge in [0.05, 0.1) is 0 Å². The highest BCUT2D eigenvalue weighted by Crippen LogP contribution is 2.29. The Morgan fingerprint density at radius 1 is 1.42 bits per heavy atom. The van der Waals surface area contributed by atoms with Crippen LogP contribution in [0.15, 0.2) is 24.3 Å². The molecule has 1 aromatic rings. The van der Waals surface area contributed by atoms with Gasteiger partial charge in [-0.1, -0.05) is 18.2 Å². The third kappa shape index (κ3) is 3.26. The lowest BCUT2D eigenvalue weighted by Crippen LogP contribution is -2.44. The van der Waals surface area contributed by atoms with Crippen molar-refractivity contribution in [2.24, 2.45) is 5.73 Å². The molecule has 1 amide bonds. The molecule has 1 aromatic carbocycles. The first kappa shape index (κ1) is 13.9. The van der Waals surface area contributed by atoms with Crippen LogP contribution in [-0.2, 0) is 11.2 Å². The molecule has 0 saturated heterocycles. The molecular formula is C15H23N3O. The fourth-order valence-corrected chi connectivity index (χ4v) is 2.66. The van der Waals surface area contributed by atoms with Gasteiger partial charge in [0.2, 0.25) is 5.91 Å². The van der Waals surface area contributed by atoms with Crippen molar-refractivity contribution >= 4 is 11.6 Å². The number of hydrogen-bond donors (Lipinski definition) is 2. The Bertz CT molecular complexity index is 445. The fraction of sp³-hybridized carbons (Fsp3) is 0.533. The fourth-order valence-electron chi connectivity index (χ4n) is 2.66. The van der Waals surface area contributed by atoms with E-state index in [-0.39, 0.29) is 18.0 Å². The van der Waals surface area contributed by atoms with Crippen LogP contribution in [0.5, 0.6) is 0 Å². The number of anilines is 1. The van der Waals surface area contributed by atoms with E-state index in [4.69, 9.17) is 5.73 Å². The minimum atomic E-state index is 0.0785. The zero-order valence-electron chi connectivity index (χ0n) is 11.7. The van der Waals surface area contributed by atoms with E-state index in [9.17, 15) is 4.79 Å². The minimum absolute atomic E-state index is 0.0785. The van der Waals surface area contributed by atoms with E-state index in [0.717, 1.165) is 13.0 Å². The summed E-state index contributed by atoms with van der Waals surface area (Å²) in [5.74, 6) is 0.0785. The van der Waals surface area contributed by atoms with Crippen LogP contribution < -0.4 is 16.0 Å². The number of nitrogens with one attached hydrogen (secondary N) is 1. The predicted octanol–water partition coefficient (Wildman–Crippen LogP) is 1.29. The van der Waals surface area contributed by atoms with Crippen molar-refractivity contribution in [3.63, 3.8) is 0 Å². The molecule has 1 heterocycles. The highest BCUT2D eigenvalue weighted by atomic mass is 16.1. The lowest BCUT2D eigenvalue weighted by Gasteiger charge is -2.29. The first-order valence-corrected chi connectivity index (χ1v) is 6.95. The molecule has 2 rings (SSSR count). The Morgan fingerprint density at radius 2 is 2.16 bits per heavy atom. The molecule has 0 aromatic heterocycles. The van der Waals surface area contributed by atoms with Crippen LogP contribution in [0.25, 0.3) is 0 Å². The van der Waals surface area contributed by atoms with Gasteiger partial charge in [0.1, 0.15) is 0 Å². The maximum atomic E-state index is 11.9. The lowest BCUT2D eigenvalue weighted by molar-refractivity contribution is -0.121. The number of hydrogen-bond acceptors (Lipinski definition) is 3. The number of carbonyl (C=O) groups is 1. The van der Waals surface area contributed by atoms with E-state index in [1.165, 1.54) is 11.3 Å². The van der Waals surface area contributed by atoms with Crippen molar-refractivity contribution < 1.29 is 4.79 Å². The number of nitrogens with zero attached hydrogens (tertiary/aromatic N) is 1. The summed E-state index contributed by atoms with van der Waals surface area (Å²) in [6.07, 6.45) is 1.50. The van der Waals surface area contributed by atoms with E-state index < -0.39 is 0 Å². The number of nitrogens with two attached hydrogens (primary N) is 1. The third-order valence-corrected chi connectivity index (χ3v) is 3.51. The maximum Gasteiger partial charge on any atom is 0.222 e. The number of benzene rings is 1. The molecule has 1 unspecified atom stereocenters. The van der Waals surface area contributed by atoms with Crippen LogP contribution in [0.2, 0.25) is 0 Å². The molecule has 1 aliphatic heterocycles. The average molecular weight is 261 g/mol. The summed E-state index contributed by atoms with van der Waals surface area (Å²) in [6, 6.07) is 8.63. The van der Waals surface area contributed by atoms with Crippen molar-refractivity contribution in [3.05, 3.63) is 29.8 Å². The molecule has 0 bridgehead atoms. The highest BCUT2D eigenvalue weighted by molar-refractivity contribution is 5.77. The van der Waals surface area contributed by atoms with Crippen molar-refractivity contribution in [3.8, 4) is 0 Å². The van der Waals surface area contributed by atoms with Crippen LogP contribution in [-0.4, -0.2) is 31.1 Å². The number of rotatable bonds is 5. The molecule has 0 radical (unpaired) electrons. The Labute approximate surface area is 115 Å². The number of amides is 1. The Morgan fingerprint density at radius 3 is 2.84 bits per heavy atom. The van der Waals surface area contributed by atoms with Gasteiger partial charge < -0.3 is 16.0 Å². The van der Waals surface area contributed by atoms with Crippen molar-refractivity contribution in [2.75, 3.05) is 18.0 Å². The summed E-state index contributed by atoms with van der Waals surface area (Å²) in [5, 5.41) is 2.93. The van der Waals surface area contributed by atoms with Crippen molar-refractivity contribution in [2.45, 2.75) is 38.8 Å². The van der Waals surface area contributed by atoms with Gasteiger partial charge in [-0.2, -0.15) is 0 Å². The summed E-state index contributed by atoms with van der Waals surface area (Å²) in [5.41, 5.74) is 8.45. The Kier molecular flexibility index (Phi) is 4.43. The van der Waals surface area contributed by atoms with Gasteiger partial charge in [-0.15, -0.1) is 0 Å². The average Bonchev–Trinajstić information content (AvgIpc) is 2.79. The Balaban J connectivity index is 2.05. The largest absolute Gasteiger partial charge is 0.366 e. The van der Waals surface area contributed by atoms with E-state index in [0.29, 0.717) is 13.0 Å². The van der Waals surface area contributed by atoms with Gasteiger partial charge in [-0.3, -0.25) is 4.79 Å². The molecular weight excluding hydrogens is 238 g/mol. The molecule has 19 heavy (non-hydrogen) atoms. The normalized spacial score (nSPS) is 15.5.